The Bertz CT molecular complexity index is 723. The van der Waals surface area contributed by atoms with Crippen LogP contribution in [0, 0.1) is 11.8 Å². The summed E-state index contributed by atoms with van der Waals surface area (Å²) in [6.07, 6.45) is 11.3. The molecule has 3 atom stereocenters. The smallest absolute Gasteiger partial charge is 0.225 e. The Labute approximate surface area is 175 Å². The first kappa shape index (κ1) is 19.4. The maximum Gasteiger partial charge on any atom is 0.225 e. The van der Waals surface area contributed by atoms with Crippen molar-refractivity contribution in [2.24, 2.45) is 11.8 Å². The van der Waals surface area contributed by atoms with Crippen LogP contribution in [0.3, 0.4) is 0 Å². The molecule has 2 saturated heterocycles. The summed E-state index contributed by atoms with van der Waals surface area (Å²) >= 11 is 0. The van der Waals surface area contributed by atoms with Gasteiger partial charge in [-0.3, -0.25) is 9.69 Å². The second-order valence-corrected chi connectivity index (χ2v) is 9.81. The Balaban J connectivity index is 1.41. The molecular formula is C25H36N2O2. The lowest BCUT2D eigenvalue weighted by Gasteiger charge is -2.42. The Morgan fingerprint density at radius 3 is 2.52 bits per heavy atom. The zero-order valence-electron chi connectivity index (χ0n) is 17.9. The molecule has 4 heteroatoms. The van der Waals surface area contributed by atoms with Crippen molar-refractivity contribution in [1.29, 1.82) is 0 Å². The molecule has 0 bridgehead atoms. The maximum atomic E-state index is 13.4. The van der Waals surface area contributed by atoms with Crippen molar-refractivity contribution in [3.05, 3.63) is 29.8 Å². The predicted octanol–water partition coefficient (Wildman–Crippen LogP) is 4.44. The molecule has 0 unspecified atom stereocenters. The number of likely N-dealkylation sites (tertiary alicyclic amines) is 2. The minimum atomic E-state index is 0.285. The maximum absolute atomic E-state index is 13.4. The number of benzene rings is 1. The van der Waals surface area contributed by atoms with Crippen LogP contribution in [0.5, 0.6) is 5.75 Å². The molecule has 0 aromatic heterocycles. The third kappa shape index (κ3) is 3.69. The van der Waals surface area contributed by atoms with E-state index in [4.69, 9.17) is 4.74 Å². The minimum Gasteiger partial charge on any atom is -0.497 e. The summed E-state index contributed by atoms with van der Waals surface area (Å²) in [5.74, 6) is 2.67. The largest absolute Gasteiger partial charge is 0.497 e. The highest BCUT2D eigenvalue weighted by molar-refractivity contribution is 5.80. The minimum absolute atomic E-state index is 0.285. The summed E-state index contributed by atoms with van der Waals surface area (Å²) < 4.78 is 5.52. The van der Waals surface area contributed by atoms with Gasteiger partial charge in [-0.15, -0.1) is 0 Å². The Kier molecular flexibility index (Phi) is 5.55. The molecule has 0 spiro atoms. The van der Waals surface area contributed by atoms with Crippen LogP contribution in [-0.4, -0.2) is 54.5 Å². The molecule has 29 heavy (non-hydrogen) atoms. The van der Waals surface area contributed by atoms with E-state index in [1.54, 1.807) is 7.11 Å². The summed E-state index contributed by atoms with van der Waals surface area (Å²) in [7, 11) is 1.74. The lowest BCUT2D eigenvalue weighted by molar-refractivity contribution is -0.137. The van der Waals surface area contributed by atoms with Crippen LogP contribution in [0.1, 0.15) is 69.3 Å². The van der Waals surface area contributed by atoms with Crippen molar-refractivity contribution >= 4 is 5.91 Å². The number of methoxy groups -OCH3 is 1. The highest BCUT2D eigenvalue weighted by Gasteiger charge is 2.49. The topological polar surface area (TPSA) is 32.8 Å². The van der Waals surface area contributed by atoms with E-state index in [2.05, 4.69) is 28.0 Å². The lowest BCUT2D eigenvalue weighted by atomic mass is 9.81. The van der Waals surface area contributed by atoms with Gasteiger partial charge in [-0.1, -0.05) is 37.8 Å². The van der Waals surface area contributed by atoms with Crippen LogP contribution in [0.25, 0.3) is 0 Å². The van der Waals surface area contributed by atoms with Crippen molar-refractivity contribution in [2.75, 3.05) is 26.7 Å². The average Bonchev–Trinajstić information content (AvgIpc) is 3.53. The summed E-state index contributed by atoms with van der Waals surface area (Å²) in [5, 5.41) is 0. The van der Waals surface area contributed by atoms with Crippen LogP contribution in [0.15, 0.2) is 24.3 Å². The van der Waals surface area contributed by atoms with Gasteiger partial charge in [-0.2, -0.15) is 0 Å². The lowest BCUT2D eigenvalue weighted by Crippen LogP contribution is -2.51. The Hall–Kier alpha value is -1.55. The van der Waals surface area contributed by atoms with Gasteiger partial charge in [-0.25, -0.2) is 0 Å². The normalized spacial score (nSPS) is 31.3. The van der Waals surface area contributed by atoms with E-state index >= 15 is 0 Å². The molecular weight excluding hydrogens is 360 g/mol. The first-order valence-electron chi connectivity index (χ1n) is 11.9. The second-order valence-electron chi connectivity index (χ2n) is 9.81. The van der Waals surface area contributed by atoms with E-state index < -0.39 is 0 Å². The number of hydrogen-bond donors (Lipinski definition) is 0. The van der Waals surface area contributed by atoms with Gasteiger partial charge in [0, 0.05) is 49.5 Å². The van der Waals surface area contributed by atoms with E-state index in [0.717, 1.165) is 44.1 Å². The van der Waals surface area contributed by atoms with E-state index in [9.17, 15) is 4.79 Å². The highest BCUT2D eigenvalue weighted by Crippen LogP contribution is 2.44. The van der Waals surface area contributed by atoms with Crippen LogP contribution >= 0.6 is 0 Å². The SMILES string of the molecule is COc1cccc([C@H]2CN(C(=O)C3CCCC3)[C@@H]3CCN(C4CCCC4)C[C@H]23)c1. The second kappa shape index (κ2) is 8.29. The van der Waals surface area contributed by atoms with Crippen molar-refractivity contribution in [3.8, 4) is 5.75 Å². The van der Waals surface area contributed by atoms with E-state index in [1.807, 2.05) is 6.07 Å². The molecule has 5 rings (SSSR count). The van der Waals surface area contributed by atoms with Gasteiger partial charge < -0.3 is 9.64 Å². The Morgan fingerprint density at radius 2 is 1.76 bits per heavy atom. The first-order chi connectivity index (χ1) is 14.2. The number of hydrogen-bond acceptors (Lipinski definition) is 3. The molecule has 0 radical (unpaired) electrons. The monoisotopic (exact) mass is 396 g/mol. The number of nitrogens with zero attached hydrogens (tertiary/aromatic N) is 2. The summed E-state index contributed by atoms with van der Waals surface area (Å²) in [6, 6.07) is 9.81. The molecule has 158 valence electrons. The molecule has 1 aromatic rings. The number of fused-ring (bicyclic) bond motifs is 1. The molecule has 4 aliphatic rings. The zero-order valence-corrected chi connectivity index (χ0v) is 17.9. The fourth-order valence-corrected chi connectivity index (χ4v) is 6.75. The van der Waals surface area contributed by atoms with Crippen LogP contribution in [0.2, 0.25) is 0 Å². The molecule has 1 amide bonds. The molecule has 1 aromatic carbocycles. The number of rotatable bonds is 4. The zero-order chi connectivity index (χ0) is 19.8. The standard InChI is InChI=1S/C25H36N2O2/c1-29-21-12-6-9-19(15-21)22-17-27(25(28)18-7-2-3-8-18)24-13-14-26(16-23(22)24)20-10-4-5-11-20/h6,9,12,15,18,20,22-24H,2-5,7-8,10-11,13-14,16-17H2,1H3/t22-,23-,24-/m1/s1. The van der Waals surface area contributed by atoms with E-state index in [0.29, 0.717) is 23.8 Å². The number of carbonyl (C=O) groups excluding carboxylic acids is 1. The van der Waals surface area contributed by atoms with Gasteiger partial charge in [0.15, 0.2) is 0 Å². The van der Waals surface area contributed by atoms with Gasteiger partial charge in [0.25, 0.3) is 0 Å². The summed E-state index contributed by atoms with van der Waals surface area (Å²) in [4.78, 5) is 18.5. The Morgan fingerprint density at radius 1 is 1.00 bits per heavy atom. The number of carbonyl (C=O) groups is 1. The van der Waals surface area contributed by atoms with Crippen molar-refractivity contribution in [1.82, 2.24) is 9.80 Å². The molecule has 2 heterocycles. The van der Waals surface area contributed by atoms with Crippen LogP contribution < -0.4 is 4.74 Å². The van der Waals surface area contributed by atoms with Gasteiger partial charge in [0.2, 0.25) is 5.91 Å². The van der Waals surface area contributed by atoms with Gasteiger partial charge in [-0.05, 0) is 49.8 Å². The van der Waals surface area contributed by atoms with Crippen molar-refractivity contribution in [3.63, 3.8) is 0 Å². The van der Waals surface area contributed by atoms with Crippen molar-refractivity contribution in [2.45, 2.75) is 75.8 Å². The van der Waals surface area contributed by atoms with Gasteiger partial charge in [0.1, 0.15) is 5.75 Å². The molecule has 2 aliphatic carbocycles. The van der Waals surface area contributed by atoms with E-state index in [1.165, 1.54) is 50.6 Å². The van der Waals surface area contributed by atoms with Crippen LogP contribution in [0.4, 0.5) is 0 Å². The number of amides is 1. The quantitative estimate of drug-likeness (QED) is 0.754. The molecule has 4 nitrogen and oxygen atoms in total. The summed E-state index contributed by atoms with van der Waals surface area (Å²) in [6.45, 7) is 3.23. The number of piperidine rings is 1. The average molecular weight is 397 g/mol. The molecule has 4 fully saturated rings. The molecule has 2 aliphatic heterocycles. The molecule has 2 saturated carbocycles. The third-order valence-corrected chi connectivity index (χ3v) is 8.31. The predicted molar refractivity (Wildman–Crippen MR) is 115 cm³/mol. The number of ether oxygens (including phenoxy) is 1. The van der Waals surface area contributed by atoms with E-state index in [-0.39, 0.29) is 5.92 Å². The summed E-state index contributed by atoms with van der Waals surface area (Å²) in [5.41, 5.74) is 1.36. The fourth-order valence-electron chi connectivity index (χ4n) is 6.75. The fraction of sp³-hybridized carbons (Fsp3) is 0.720. The van der Waals surface area contributed by atoms with Crippen LogP contribution in [-0.2, 0) is 4.79 Å². The molecule has 0 N–H and O–H groups in total. The first-order valence-corrected chi connectivity index (χ1v) is 11.9. The third-order valence-electron chi connectivity index (χ3n) is 8.31. The van der Waals surface area contributed by atoms with Gasteiger partial charge >= 0.3 is 0 Å². The van der Waals surface area contributed by atoms with Gasteiger partial charge in [0.05, 0.1) is 7.11 Å². The highest BCUT2D eigenvalue weighted by atomic mass is 16.5. The van der Waals surface area contributed by atoms with Crippen molar-refractivity contribution < 1.29 is 9.53 Å².